The molecule has 6 fully saturated rings. The van der Waals surface area contributed by atoms with Crippen molar-refractivity contribution in [2.24, 2.45) is 65.1 Å². The van der Waals surface area contributed by atoms with Crippen LogP contribution in [0.5, 0.6) is 0 Å². The molecule has 0 amide bonds. The van der Waals surface area contributed by atoms with Crippen LogP contribution in [0.1, 0.15) is 258 Å². The van der Waals surface area contributed by atoms with E-state index in [0.717, 1.165) is 53.9 Å². The van der Waals surface area contributed by atoms with Gasteiger partial charge in [-0.25, -0.2) is 14.7 Å². The maximum absolute atomic E-state index is 9.54. The molecule has 0 heterocycles. The third-order valence-corrected chi connectivity index (χ3v) is 19.3. The van der Waals surface area contributed by atoms with E-state index in [1.165, 1.54) is 169 Å². The van der Waals surface area contributed by atoms with E-state index < -0.39 is 0 Å². The third kappa shape index (κ3) is 20.5. The van der Waals surface area contributed by atoms with E-state index >= 15 is 0 Å². The summed E-state index contributed by atoms with van der Waals surface area (Å²) < 4.78 is 0. The average molecular weight is 1040 g/mol. The molecule has 3 unspecified atom stereocenters. The van der Waals surface area contributed by atoms with Gasteiger partial charge in [-0.05, 0) is 210 Å². The minimum absolute atomic E-state index is 0.0708. The zero-order chi connectivity index (χ0) is 54.7. The van der Waals surface area contributed by atoms with Crippen molar-refractivity contribution in [3.8, 4) is 11.1 Å². The molecular weight excluding hydrogens is 925 g/mol. The quantitative estimate of drug-likeness (QED) is 0.124. The van der Waals surface area contributed by atoms with Gasteiger partial charge in [0.05, 0.1) is 12.2 Å². The van der Waals surface area contributed by atoms with Gasteiger partial charge in [-0.2, -0.15) is 0 Å². The van der Waals surface area contributed by atoms with Gasteiger partial charge >= 0.3 is 0 Å². The van der Waals surface area contributed by atoms with E-state index in [2.05, 4.69) is 114 Å². The van der Waals surface area contributed by atoms with Crippen LogP contribution in [-0.2, 0) is 14.7 Å². The highest BCUT2D eigenvalue weighted by atomic mass is 17.1. The normalized spacial score (nSPS) is 30.9. The number of aryl methyl sites for hydroxylation is 2. The van der Waals surface area contributed by atoms with Gasteiger partial charge in [0.2, 0.25) is 0 Å². The SMILES string of the molecule is CC.CC.CC.CC1CCC(C2CCC(C(OO)C3CCC(C)CC3)CC2)CC1.Cc1ccc(-c2ccc(C(OO)C3CCC(C)CC3)cc2)cc1.Cc1ccc(C2CCC(C(OO)C3CCC(C)CC3)CC2)cc1. The van der Waals surface area contributed by atoms with Crippen LogP contribution in [0.15, 0.2) is 72.8 Å². The van der Waals surface area contributed by atoms with Crippen molar-refractivity contribution < 1.29 is 30.4 Å². The van der Waals surface area contributed by atoms with Crippen LogP contribution in [0.25, 0.3) is 11.1 Å². The van der Waals surface area contributed by atoms with Gasteiger partial charge in [-0.3, -0.25) is 15.8 Å². The van der Waals surface area contributed by atoms with E-state index in [0.29, 0.717) is 35.5 Å². The van der Waals surface area contributed by atoms with Gasteiger partial charge in [-0.15, -0.1) is 0 Å². The van der Waals surface area contributed by atoms with Gasteiger partial charge in [0, 0.05) is 0 Å². The monoisotopic (exact) mass is 1040 g/mol. The first-order valence-electron chi connectivity index (χ1n) is 31.7. The minimum Gasteiger partial charge on any atom is -0.252 e. The Morgan fingerprint density at radius 3 is 0.960 bits per heavy atom. The van der Waals surface area contributed by atoms with Crippen molar-refractivity contribution in [3.63, 3.8) is 0 Å². The molecule has 6 nitrogen and oxygen atoms in total. The summed E-state index contributed by atoms with van der Waals surface area (Å²) in [7, 11) is 0. The Kier molecular flexibility index (Phi) is 31.0. The summed E-state index contributed by atoms with van der Waals surface area (Å²) >= 11 is 0. The molecule has 6 aliphatic carbocycles. The van der Waals surface area contributed by atoms with Gasteiger partial charge < -0.3 is 0 Å². The topological polar surface area (TPSA) is 88.4 Å². The molecule has 0 aromatic heterocycles. The number of benzene rings is 3. The van der Waals surface area contributed by atoms with Crippen LogP contribution in [0.2, 0.25) is 0 Å². The Morgan fingerprint density at radius 2 is 0.613 bits per heavy atom. The molecule has 0 radical (unpaired) electrons. The van der Waals surface area contributed by atoms with Gasteiger partial charge in [-0.1, -0.05) is 205 Å². The molecule has 6 saturated carbocycles. The summed E-state index contributed by atoms with van der Waals surface area (Å²) in [6.07, 6.45) is 30.9. The standard InChI is InChI=1S/C21H38O2.C21H32O2.C21H26O2.3C2H6/c3*1-15-3-7-17(8-4-15)18-11-13-20(14-12-18)21(23-22)19-9-5-16(2)6-10-19;3*1-2/h15-22H,3-14H2,1-2H3;3-4,7-8,16,18-22H,5-6,9-14H2,1-2H3;3-4,7-8,11-14,16,19,21-22H,5-6,9-10H2,1-2H3;3*1-2H3. The highest BCUT2D eigenvalue weighted by molar-refractivity contribution is 5.64. The van der Waals surface area contributed by atoms with Crippen LogP contribution in [0.3, 0.4) is 0 Å². The van der Waals surface area contributed by atoms with Gasteiger partial charge in [0.1, 0.15) is 6.10 Å². The number of rotatable bonds is 12. The zero-order valence-electron chi connectivity index (χ0n) is 50.1. The first-order chi connectivity index (χ1) is 36.5. The molecule has 0 aliphatic heterocycles. The third-order valence-electron chi connectivity index (χ3n) is 19.3. The lowest BCUT2D eigenvalue weighted by Gasteiger charge is -2.41. The van der Waals surface area contributed by atoms with E-state index in [9.17, 15) is 15.8 Å². The molecule has 0 saturated heterocycles. The van der Waals surface area contributed by atoms with Crippen LogP contribution in [0, 0.1) is 78.9 Å². The molecule has 0 spiro atoms. The van der Waals surface area contributed by atoms with Gasteiger partial charge in [0.15, 0.2) is 0 Å². The molecular formula is C69H114O6. The molecule has 9 rings (SSSR count). The number of hydrogen-bond donors (Lipinski definition) is 3. The zero-order valence-corrected chi connectivity index (χ0v) is 50.1. The van der Waals surface area contributed by atoms with Crippen molar-refractivity contribution >= 4 is 0 Å². The Morgan fingerprint density at radius 1 is 0.333 bits per heavy atom. The van der Waals surface area contributed by atoms with Crippen molar-refractivity contribution in [2.75, 3.05) is 0 Å². The van der Waals surface area contributed by atoms with Crippen LogP contribution in [0.4, 0.5) is 0 Å². The molecule has 426 valence electrons. The summed E-state index contributed by atoms with van der Waals surface area (Å²) in [6.45, 7) is 25.7. The van der Waals surface area contributed by atoms with Crippen molar-refractivity contribution in [1.29, 1.82) is 0 Å². The Labute approximate surface area is 461 Å². The predicted molar refractivity (Wildman–Crippen MR) is 318 cm³/mol. The van der Waals surface area contributed by atoms with E-state index in [-0.39, 0.29) is 18.3 Å². The molecule has 0 bridgehead atoms. The maximum Gasteiger partial charge on any atom is 0.120 e. The summed E-state index contributed by atoms with van der Waals surface area (Å²) in [5.41, 5.74) is 7.58. The predicted octanol–water partition coefficient (Wildman–Crippen LogP) is 21.4. The molecule has 6 aliphatic rings. The van der Waals surface area contributed by atoms with Crippen LogP contribution >= 0.6 is 0 Å². The van der Waals surface area contributed by atoms with E-state index in [1.807, 2.05) is 41.5 Å². The Balaban J connectivity index is 0.000000231. The van der Waals surface area contributed by atoms with Crippen molar-refractivity contribution in [1.82, 2.24) is 0 Å². The lowest BCUT2D eigenvalue weighted by Crippen LogP contribution is -2.37. The Bertz CT molecular complexity index is 1830. The summed E-state index contributed by atoms with van der Waals surface area (Å²) in [5, 5.41) is 28.5. The van der Waals surface area contributed by atoms with Crippen LogP contribution in [-0.4, -0.2) is 28.0 Å². The molecule has 3 atom stereocenters. The first-order valence-corrected chi connectivity index (χ1v) is 31.7. The Hall–Kier alpha value is -2.58. The number of hydrogen-bond acceptors (Lipinski definition) is 6. The fraction of sp³-hybridized carbons (Fsp3) is 0.739. The van der Waals surface area contributed by atoms with E-state index in [4.69, 9.17) is 14.7 Å². The first kappa shape index (κ1) is 64.9. The molecule has 75 heavy (non-hydrogen) atoms. The lowest BCUT2D eigenvalue weighted by atomic mass is 9.67. The maximum atomic E-state index is 9.54. The van der Waals surface area contributed by atoms with Crippen molar-refractivity contribution in [3.05, 3.63) is 95.1 Å². The minimum atomic E-state index is -0.199. The molecule has 3 aromatic rings. The fourth-order valence-electron chi connectivity index (χ4n) is 14.3. The van der Waals surface area contributed by atoms with E-state index in [1.54, 1.807) is 0 Å². The smallest absolute Gasteiger partial charge is 0.120 e. The lowest BCUT2D eigenvalue weighted by molar-refractivity contribution is -0.307. The molecule has 3 N–H and O–H groups in total. The second-order valence-corrected chi connectivity index (χ2v) is 24.4. The summed E-state index contributed by atoms with van der Waals surface area (Å²) in [4.78, 5) is 15.0. The highest BCUT2D eigenvalue weighted by Crippen LogP contribution is 2.46. The second-order valence-electron chi connectivity index (χ2n) is 24.4. The molecule has 6 heteroatoms. The fourth-order valence-corrected chi connectivity index (χ4v) is 14.3. The van der Waals surface area contributed by atoms with Gasteiger partial charge in [0.25, 0.3) is 0 Å². The largest absolute Gasteiger partial charge is 0.252 e. The summed E-state index contributed by atoms with van der Waals surface area (Å²) in [5.74, 6) is 8.87. The van der Waals surface area contributed by atoms with Crippen molar-refractivity contribution in [2.45, 2.75) is 261 Å². The average Bonchev–Trinajstić information content (AvgIpc) is 3.46. The molecule has 3 aromatic carbocycles. The summed E-state index contributed by atoms with van der Waals surface area (Å²) in [6, 6.07) is 26.0. The van der Waals surface area contributed by atoms with Crippen LogP contribution < -0.4 is 0 Å². The second kappa shape index (κ2) is 35.8. The highest BCUT2D eigenvalue weighted by Gasteiger charge is 2.39.